The molecule has 0 aliphatic carbocycles. The lowest BCUT2D eigenvalue weighted by atomic mass is 10.2. The number of pyridine rings is 1. The van der Waals surface area contributed by atoms with Crippen molar-refractivity contribution in [3.8, 4) is 11.3 Å². The van der Waals surface area contributed by atoms with Crippen molar-refractivity contribution in [3.05, 3.63) is 70.8 Å². The SMILES string of the molecule is CCNC(=NCc1nc(-c2ccccc2)cs1)NCCc1ccccn1. The molecule has 0 saturated heterocycles. The Bertz CT molecular complexity index is 814. The Morgan fingerprint density at radius 2 is 1.92 bits per heavy atom. The molecule has 0 saturated carbocycles. The monoisotopic (exact) mass is 365 g/mol. The molecule has 0 aliphatic rings. The molecule has 1 aromatic carbocycles. The summed E-state index contributed by atoms with van der Waals surface area (Å²) < 4.78 is 0. The van der Waals surface area contributed by atoms with Gasteiger partial charge in [0.05, 0.1) is 12.2 Å². The lowest BCUT2D eigenvalue weighted by Crippen LogP contribution is -2.38. The van der Waals surface area contributed by atoms with Crippen LogP contribution in [-0.2, 0) is 13.0 Å². The zero-order valence-electron chi connectivity index (χ0n) is 14.9. The summed E-state index contributed by atoms with van der Waals surface area (Å²) in [5.41, 5.74) is 3.22. The van der Waals surface area contributed by atoms with Crippen molar-refractivity contribution in [2.45, 2.75) is 19.9 Å². The van der Waals surface area contributed by atoms with E-state index in [-0.39, 0.29) is 0 Å². The summed E-state index contributed by atoms with van der Waals surface area (Å²) in [5, 5.41) is 9.72. The predicted octanol–water partition coefficient (Wildman–Crippen LogP) is 3.50. The summed E-state index contributed by atoms with van der Waals surface area (Å²) >= 11 is 1.64. The molecular formula is C20H23N5S. The first-order valence-corrected chi connectivity index (χ1v) is 9.65. The summed E-state index contributed by atoms with van der Waals surface area (Å²) in [6.07, 6.45) is 2.68. The second-order valence-electron chi connectivity index (χ2n) is 5.69. The Hall–Kier alpha value is -2.73. The molecular weight excluding hydrogens is 342 g/mol. The second-order valence-corrected chi connectivity index (χ2v) is 6.63. The maximum Gasteiger partial charge on any atom is 0.191 e. The number of hydrogen-bond donors (Lipinski definition) is 2. The maximum atomic E-state index is 4.69. The third-order valence-electron chi connectivity index (χ3n) is 3.74. The number of aromatic nitrogens is 2. The standard InChI is InChI=1S/C20H23N5S/c1-2-21-20(23-13-11-17-10-6-7-12-22-17)24-14-19-25-18(15-26-19)16-8-4-3-5-9-16/h3-10,12,15H,2,11,13-14H2,1H3,(H2,21,23,24). The number of nitrogens with zero attached hydrogens (tertiary/aromatic N) is 3. The van der Waals surface area contributed by atoms with E-state index < -0.39 is 0 Å². The molecule has 0 aliphatic heterocycles. The summed E-state index contributed by atoms with van der Waals surface area (Å²) in [6.45, 7) is 4.24. The summed E-state index contributed by atoms with van der Waals surface area (Å²) in [6, 6.07) is 16.2. The fraction of sp³-hybridized carbons (Fsp3) is 0.250. The van der Waals surface area contributed by atoms with Crippen LogP contribution in [0.25, 0.3) is 11.3 Å². The van der Waals surface area contributed by atoms with E-state index in [1.807, 2.05) is 42.6 Å². The number of rotatable bonds is 7. The summed E-state index contributed by atoms with van der Waals surface area (Å²) in [4.78, 5) is 13.7. The van der Waals surface area contributed by atoms with Crippen LogP contribution in [0.3, 0.4) is 0 Å². The molecule has 2 aromatic heterocycles. The molecule has 0 bridgehead atoms. The van der Waals surface area contributed by atoms with E-state index in [1.165, 1.54) is 0 Å². The Morgan fingerprint density at radius 3 is 2.69 bits per heavy atom. The molecule has 0 unspecified atom stereocenters. The molecule has 134 valence electrons. The Labute approximate surface area is 158 Å². The zero-order valence-corrected chi connectivity index (χ0v) is 15.7. The Balaban J connectivity index is 1.56. The molecule has 0 spiro atoms. The van der Waals surface area contributed by atoms with Gasteiger partial charge in [0.1, 0.15) is 5.01 Å². The molecule has 6 heteroatoms. The quantitative estimate of drug-likeness (QED) is 0.497. The van der Waals surface area contributed by atoms with Crippen molar-refractivity contribution in [2.75, 3.05) is 13.1 Å². The van der Waals surface area contributed by atoms with Gasteiger partial charge in [-0.1, -0.05) is 36.4 Å². The highest BCUT2D eigenvalue weighted by molar-refractivity contribution is 7.09. The van der Waals surface area contributed by atoms with Crippen LogP contribution in [0.2, 0.25) is 0 Å². The van der Waals surface area contributed by atoms with Gasteiger partial charge >= 0.3 is 0 Å². The van der Waals surface area contributed by atoms with Crippen LogP contribution >= 0.6 is 11.3 Å². The number of hydrogen-bond acceptors (Lipinski definition) is 4. The van der Waals surface area contributed by atoms with Crippen molar-refractivity contribution < 1.29 is 0 Å². The minimum Gasteiger partial charge on any atom is -0.357 e. The van der Waals surface area contributed by atoms with Crippen molar-refractivity contribution in [3.63, 3.8) is 0 Å². The second kappa shape index (κ2) is 9.68. The molecule has 3 aromatic rings. The van der Waals surface area contributed by atoms with E-state index in [9.17, 15) is 0 Å². The molecule has 0 radical (unpaired) electrons. The first kappa shape index (κ1) is 18.1. The van der Waals surface area contributed by atoms with Crippen molar-refractivity contribution in [1.82, 2.24) is 20.6 Å². The molecule has 3 rings (SSSR count). The smallest absolute Gasteiger partial charge is 0.191 e. The van der Waals surface area contributed by atoms with Crippen LogP contribution in [0.4, 0.5) is 0 Å². The largest absolute Gasteiger partial charge is 0.357 e. The van der Waals surface area contributed by atoms with Gasteiger partial charge in [-0.2, -0.15) is 0 Å². The van der Waals surface area contributed by atoms with Crippen LogP contribution in [0.1, 0.15) is 17.6 Å². The van der Waals surface area contributed by atoms with Gasteiger partial charge in [0.25, 0.3) is 0 Å². The van der Waals surface area contributed by atoms with Gasteiger partial charge in [0.2, 0.25) is 0 Å². The number of aliphatic imine (C=N–C) groups is 1. The topological polar surface area (TPSA) is 62.2 Å². The van der Waals surface area contributed by atoms with Gasteiger partial charge < -0.3 is 10.6 Å². The highest BCUT2D eigenvalue weighted by atomic mass is 32.1. The number of nitrogens with one attached hydrogen (secondary N) is 2. The maximum absolute atomic E-state index is 4.69. The molecule has 2 heterocycles. The van der Waals surface area contributed by atoms with E-state index in [0.717, 1.165) is 47.4 Å². The highest BCUT2D eigenvalue weighted by Gasteiger charge is 2.04. The van der Waals surface area contributed by atoms with Crippen LogP contribution in [0.5, 0.6) is 0 Å². The van der Waals surface area contributed by atoms with Crippen LogP contribution in [-0.4, -0.2) is 29.0 Å². The van der Waals surface area contributed by atoms with E-state index in [2.05, 4.69) is 50.0 Å². The molecule has 5 nitrogen and oxygen atoms in total. The minimum absolute atomic E-state index is 0.566. The minimum atomic E-state index is 0.566. The lowest BCUT2D eigenvalue weighted by molar-refractivity contribution is 0.788. The molecule has 0 atom stereocenters. The van der Waals surface area contributed by atoms with E-state index in [0.29, 0.717) is 6.54 Å². The number of benzene rings is 1. The predicted molar refractivity (Wildman–Crippen MR) is 108 cm³/mol. The van der Waals surface area contributed by atoms with Crippen LogP contribution < -0.4 is 10.6 Å². The zero-order chi connectivity index (χ0) is 18.0. The normalized spacial score (nSPS) is 11.3. The molecule has 0 amide bonds. The molecule has 26 heavy (non-hydrogen) atoms. The van der Waals surface area contributed by atoms with Crippen molar-refractivity contribution in [1.29, 1.82) is 0 Å². The van der Waals surface area contributed by atoms with E-state index >= 15 is 0 Å². The van der Waals surface area contributed by atoms with E-state index in [1.54, 1.807) is 11.3 Å². The van der Waals surface area contributed by atoms with Gasteiger partial charge in [0.15, 0.2) is 5.96 Å². The number of thiazole rings is 1. The van der Waals surface area contributed by atoms with Gasteiger partial charge in [-0.3, -0.25) is 4.98 Å². The Morgan fingerprint density at radius 1 is 1.08 bits per heavy atom. The van der Waals surface area contributed by atoms with Crippen molar-refractivity contribution in [2.24, 2.45) is 4.99 Å². The average molecular weight is 366 g/mol. The fourth-order valence-electron chi connectivity index (χ4n) is 2.47. The van der Waals surface area contributed by atoms with Gasteiger partial charge in [-0.15, -0.1) is 11.3 Å². The molecule has 0 fully saturated rings. The first-order valence-electron chi connectivity index (χ1n) is 8.77. The molecule has 2 N–H and O–H groups in total. The summed E-state index contributed by atoms with van der Waals surface area (Å²) in [7, 11) is 0. The van der Waals surface area contributed by atoms with Crippen molar-refractivity contribution >= 4 is 17.3 Å². The Kier molecular flexibility index (Phi) is 6.73. The van der Waals surface area contributed by atoms with Crippen LogP contribution in [0.15, 0.2) is 65.1 Å². The third kappa shape index (κ3) is 5.39. The van der Waals surface area contributed by atoms with Crippen LogP contribution in [0, 0.1) is 0 Å². The van der Waals surface area contributed by atoms with Gasteiger partial charge in [-0.05, 0) is 19.1 Å². The summed E-state index contributed by atoms with van der Waals surface area (Å²) in [5.74, 6) is 0.805. The number of guanidine groups is 1. The van der Waals surface area contributed by atoms with Gasteiger partial charge in [-0.25, -0.2) is 9.98 Å². The fourth-order valence-corrected chi connectivity index (χ4v) is 3.20. The first-order chi connectivity index (χ1) is 12.8. The van der Waals surface area contributed by atoms with E-state index in [4.69, 9.17) is 0 Å². The third-order valence-corrected chi connectivity index (χ3v) is 4.57. The lowest BCUT2D eigenvalue weighted by Gasteiger charge is -2.10. The highest BCUT2D eigenvalue weighted by Crippen LogP contribution is 2.21. The van der Waals surface area contributed by atoms with Gasteiger partial charge in [0, 0.05) is 42.3 Å². The average Bonchev–Trinajstić information content (AvgIpc) is 3.17.